The number of carbonyl (C=O) groups is 1. The van der Waals surface area contributed by atoms with Crippen molar-refractivity contribution in [2.45, 2.75) is 59.2 Å². The van der Waals surface area contributed by atoms with Gasteiger partial charge in [-0.2, -0.15) is 0 Å². The van der Waals surface area contributed by atoms with Gasteiger partial charge in [-0.25, -0.2) is 0 Å². The van der Waals surface area contributed by atoms with Gasteiger partial charge in [0.2, 0.25) is 0 Å². The summed E-state index contributed by atoms with van der Waals surface area (Å²) in [7, 11) is 0. The molecule has 24 heavy (non-hydrogen) atoms. The number of likely N-dealkylation sites (tertiary alicyclic amines) is 1. The van der Waals surface area contributed by atoms with Gasteiger partial charge in [-0.05, 0) is 63.7 Å². The Kier molecular flexibility index (Phi) is 5.95. The molecule has 0 spiro atoms. The van der Waals surface area contributed by atoms with Crippen molar-refractivity contribution in [2.24, 2.45) is 5.92 Å². The molecule has 1 aromatic rings. The molecule has 1 atom stereocenters. The number of piperidine rings is 1. The number of hydrogen-bond acceptors (Lipinski definition) is 4. The first-order chi connectivity index (χ1) is 11.5. The maximum absolute atomic E-state index is 12.3. The third-order valence-corrected chi connectivity index (χ3v) is 6.41. The van der Waals surface area contributed by atoms with Crippen LogP contribution in [0.1, 0.15) is 60.1 Å². The molecule has 1 saturated heterocycles. The first-order valence-electron chi connectivity index (χ1n) is 9.39. The van der Waals surface area contributed by atoms with Crippen molar-refractivity contribution >= 4 is 17.2 Å². The Morgan fingerprint density at radius 3 is 2.96 bits per heavy atom. The van der Waals surface area contributed by atoms with Crippen LogP contribution in [0.15, 0.2) is 6.07 Å². The first kappa shape index (κ1) is 17.9. The van der Waals surface area contributed by atoms with Crippen LogP contribution >= 0.6 is 11.3 Å². The van der Waals surface area contributed by atoms with Crippen molar-refractivity contribution in [3.05, 3.63) is 21.4 Å². The van der Waals surface area contributed by atoms with E-state index < -0.39 is 0 Å². The molecule has 3 heterocycles. The number of rotatable bonds is 6. The molecule has 2 aliphatic heterocycles. The number of carbonyl (C=O) groups excluding carboxylic acids is 1. The fourth-order valence-corrected chi connectivity index (χ4v) is 4.87. The molecule has 0 aromatic carbocycles. The van der Waals surface area contributed by atoms with Crippen LogP contribution in [0.2, 0.25) is 0 Å². The lowest BCUT2D eigenvalue weighted by Crippen LogP contribution is -2.36. The number of nitrogens with one attached hydrogen (secondary N) is 1. The van der Waals surface area contributed by atoms with Crippen molar-refractivity contribution in [2.75, 3.05) is 26.2 Å². The summed E-state index contributed by atoms with van der Waals surface area (Å²) in [6.45, 7) is 13.1. The predicted octanol–water partition coefficient (Wildman–Crippen LogP) is 3.32. The molecule has 2 aliphatic rings. The van der Waals surface area contributed by atoms with Gasteiger partial charge in [-0.15, -0.1) is 11.3 Å². The van der Waals surface area contributed by atoms with Gasteiger partial charge in [-0.1, -0.05) is 6.92 Å². The third kappa shape index (κ3) is 4.38. The quantitative estimate of drug-likeness (QED) is 0.800. The Morgan fingerprint density at radius 2 is 2.25 bits per heavy atom. The van der Waals surface area contributed by atoms with Crippen LogP contribution in [0.5, 0.6) is 0 Å². The lowest BCUT2D eigenvalue weighted by atomic mass is 10.0. The summed E-state index contributed by atoms with van der Waals surface area (Å²) in [6.07, 6.45) is 3.73. The van der Waals surface area contributed by atoms with Crippen molar-refractivity contribution in [3.63, 3.8) is 0 Å². The Labute approximate surface area is 150 Å². The molecule has 5 heteroatoms. The summed E-state index contributed by atoms with van der Waals surface area (Å²) in [5.41, 5.74) is 1.35. The maximum atomic E-state index is 12.3. The summed E-state index contributed by atoms with van der Waals surface area (Å²) >= 11 is 1.67. The van der Waals surface area contributed by atoms with Crippen LogP contribution in [-0.4, -0.2) is 47.9 Å². The normalized spacial score (nSPS) is 22.1. The predicted molar refractivity (Wildman–Crippen MR) is 100 cm³/mol. The van der Waals surface area contributed by atoms with E-state index in [0.717, 1.165) is 43.4 Å². The fourth-order valence-electron chi connectivity index (χ4n) is 3.75. The number of fused-ring (bicyclic) bond motifs is 1. The highest BCUT2D eigenvalue weighted by atomic mass is 32.1. The van der Waals surface area contributed by atoms with E-state index in [4.69, 9.17) is 0 Å². The maximum Gasteiger partial charge on any atom is 0.261 e. The van der Waals surface area contributed by atoms with Crippen LogP contribution in [0.3, 0.4) is 0 Å². The van der Waals surface area contributed by atoms with Crippen molar-refractivity contribution in [1.29, 1.82) is 0 Å². The summed E-state index contributed by atoms with van der Waals surface area (Å²) in [4.78, 5) is 19.6. The Bertz CT molecular complexity index is 545. The summed E-state index contributed by atoms with van der Waals surface area (Å²) < 4.78 is 0. The summed E-state index contributed by atoms with van der Waals surface area (Å²) in [6, 6.07) is 2.67. The van der Waals surface area contributed by atoms with Crippen molar-refractivity contribution in [1.82, 2.24) is 15.1 Å². The molecule has 134 valence electrons. The van der Waals surface area contributed by atoms with Gasteiger partial charge in [0.05, 0.1) is 4.88 Å². The first-order valence-corrected chi connectivity index (χ1v) is 10.2. The molecule has 1 amide bonds. The van der Waals surface area contributed by atoms with E-state index >= 15 is 0 Å². The zero-order valence-electron chi connectivity index (χ0n) is 15.3. The van der Waals surface area contributed by atoms with Gasteiger partial charge in [0.1, 0.15) is 0 Å². The average Bonchev–Trinajstić information content (AvgIpc) is 3.10. The molecule has 1 unspecified atom stereocenters. The number of amides is 1. The molecule has 1 N–H and O–H groups in total. The molecule has 0 aliphatic carbocycles. The highest BCUT2D eigenvalue weighted by Crippen LogP contribution is 2.32. The van der Waals surface area contributed by atoms with Crippen LogP contribution < -0.4 is 5.32 Å². The van der Waals surface area contributed by atoms with E-state index in [1.54, 1.807) is 11.3 Å². The average molecular weight is 350 g/mol. The Hall–Kier alpha value is -0.910. The van der Waals surface area contributed by atoms with E-state index in [9.17, 15) is 4.79 Å². The minimum atomic E-state index is 0.109. The van der Waals surface area contributed by atoms with E-state index in [1.807, 2.05) is 0 Å². The SMILES string of the molecule is CC1CCCN(CCCNC(=O)c2cc3c(s2)CN(C(C)C)C3)C1. The highest BCUT2D eigenvalue weighted by Gasteiger charge is 2.25. The second kappa shape index (κ2) is 7.98. The molecule has 0 saturated carbocycles. The van der Waals surface area contributed by atoms with Crippen LogP contribution in [-0.2, 0) is 13.1 Å². The Balaban J connectivity index is 1.40. The highest BCUT2D eigenvalue weighted by molar-refractivity contribution is 7.14. The molecule has 0 bridgehead atoms. The summed E-state index contributed by atoms with van der Waals surface area (Å²) in [5, 5.41) is 3.10. The van der Waals surface area contributed by atoms with Crippen LogP contribution in [0.4, 0.5) is 0 Å². The standard InChI is InChI=1S/C19H31N3OS/c1-14(2)22-12-16-10-17(24-18(16)13-22)19(23)20-7-5-9-21-8-4-6-15(3)11-21/h10,14-15H,4-9,11-13H2,1-3H3,(H,20,23). The monoisotopic (exact) mass is 349 g/mol. The topological polar surface area (TPSA) is 35.6 Å². The summed E-state index contributed by atoms with van der Waals surface area (Å²) in [5.74, 6) is 0.935. The van der Waals surface area contributed by atoms with Gasteiger partial charge in [-0.3, -0.25) is 9.69 Å². The second-order valence-corrected chi connectivity index (χ2v) is 8.85. The largest absolute Gasteiger partial charge is 0.351 e. The van der Waals surface area contributed by atoms with Gasteiger partial charge >= 0.3 is 0 Å². The smallest absolute Gasteiger partial charge is 0.261 e. The molecule has 1 fully saturated rings. The fraction of sp³-hybridized carbons (Fsp3) is 0.737. The second-order valence-electron chi connectivity index (χ2n) is 7.72. The van der Waals surface area contributed by atoms with Crippen molar-refractivity contribution in [3.8, 4) is 0 Å². The number of hydrogen-bond donors (Lipinski definition) is 1. The molecule has 1 aromatic heterocycles. The minimum Gasteiger partial charge on any atom is -0.351 e. The third-order valence-electron chi connectivity index (χ3n) is 5.25. The zero-order chi connectivity index (χ0) is 17.1. The van der Waals surface area contributed by atoms with Crippen LogP contribution in [0.25, 0.3) is 0 Å². The van der Waals surface area contributed by atoms with E-state index in [1.165, 1.54) is 36.4 Å². The van der Waals surface area contributed by atoms with Gasteiger partial charge in [0, 0.05) is 37.1 Å². The number of nitrogens with zero attached hydrogens (tertiary/aromatic N) is 2. The number of thiophene rings is 1. The molecular weight excluding hydrogens is 318 g/mol. The van der Waals surface area contributed by atoms with E-state index in [2.05, 4.69) is 42.0 Å². The Morgan fingerprint density at radius 1 is 1.42 bits per heavy atom. The van der Waals surface area contributed by atoms with Gasteiger partial charge in [0.25, 0.3) is 5.91 Å². The van der Waals surface area contributed by atoms with Crippen molar-refractivity contribution < 1.29 is 4.79 Å². The minimum absolute atomic E-state index is 0.109. The zero-order valence-corrected chi connectivity index (χ0v) is 16.1. The van der Waals surface area contributed by atoms with Crippen LogP contribution in [0, 0.1) is 5.92 Å². The molecule has 0 radical (unpaired) electrons. The lowest BCUT2D eigenvalue weighted by Gasteiger charge is -2.30. The van der Waals surface area contributed by atoms with Gasteiger partial charge in [0.15, 0.2) is 0 Å². The molecule has 3 rings (SSSR count). The molecule has 4 nitrogen and oxygen atoms in total. The lowest BCUT2D eigenvalue weighted by molar-refractivity contribution is 0.0954. The molecular formula is C19H31N3OS. The van der Waals surface area contributed by atoms with Gasteiger partial charge < -0.3 is 10.2 Å². The van der Waals surface area contributed by atoms with E-state index in [0.29, 0.717) is 6.04 Å². The van der Waals surface area contributed by atoms with E-state index in [-0.39, 0.29) is 5.91 Å².